The van der Waals surface area contributed by atoms with Gasteiger partial charge >= 0.3 is 5.91 Å². The van der Waals surface area contributed by atoms with E-state index in [1.54, 1.807) is 0 Å². The molecule has 1 aliphatic heterocycles. The van der Waals surface area contributed by atoms with Crippen molar-refractivity contribution in [1.82, 2.24) is 9.22 Å². The molecule has 0 aromatic heterocycles. The lowest BCUT2D eigenvalue weighted by atomic mass is 9.94. The van der Waals surface area contributed by atoms with Crippen LogP contribution in [0.15, 0.2) is 80.7 Å². The molecule has 0 saturated carbocycles. The average molecular weight is 649 g/mol. The first-order valence-electron chi connectivity index (χ1n) is 13.1. The third kappa shape index (κ3) is 7.59. The molecule has 3 aromatic carbocycles. The molecule has 1 aliphatic rings. The van der Waals surface area contributed by atoms with E-state index in [-0.39, 0.29) is 50.1 Å². The second-order valence-corrected chi connectivity index (χ2v) is 14.2. The average Bonchev–Trinajstić information content (AvgIpc) is 2.96. The Morgan fingerprint density at radius 3 is 2.05 bits per heavy atom. The maximum Gasteiger partial charge on any atom is 0.362 e. The van der Waals surface area contributed by atoms with Gasteiger partial charge in [0.25, 0.3) is 10.0 Å². The zero-order valence-corrected chi connectivity index (χ0v) is 26.3. The molecule has 2 unspecified atom stereocenters. The standard InChI is InChI=1S/C28H30ClN5O7S2/c1-18-13-19(2)17-34(16-18)43(38,39)23-11-7-21(8-12-23)30-33-31-28(35)24-14-26(40-3)27(41-4)15-25(24)32-42(36,37)22-9-5-20(29)6-10-22/h5-12,14-15,18-19H,13,16-17H2,1-4H3/p+1. The summed E-state index contributed by atoms with van der Waals surface area (Å²) in [6.45, 7) is 4.99. The smallest absolute Gasteiger partial charge is 0.362 e. The number of hydrogen-bond acceptors (Lipinski definition) is 8. The van der Waals surface area contributed by atoms with Crippen LogP contribution in [0.5, 0.6) is 11.5 Å². The maximum absolute atomic E-state index is 13.1. The number of ether oxygens (including phenoxy) is 2. The Hall–Kier alpha value is -3.81. The number of sulfonamides is 2. The molecule has 1 heterocycles. The van der Waals surface area contributed by atoms with Gasteiger partial charge in [-0.2, -0.15) is 4.31 Å². The highest BCUT2D eigenvalue weighted by atomic mass is 35.5. The predicted octanol–water partition coefficient (Wildman–Crippen LogP) is 5.27. The molecular formula is C28H31ClN5O7S2+. The first-order valence-corrected chi connectivity index (χ1v) is 16.4. The summed E-state index contributed by atoms with van der Waals surface area (Å²) >= 11 is 5.87. The molecule has 1 saturated heterocycles. The summed E-state index contributed by atoms with van der Waals surface area (Å²) in [5.41, 5.74) is -0.0557. The van der Waals surface area contributed by atoms with Crippen molar-refractivity contribution in [3.05, 3.63) is 71.2 Å². The minimum atomic E-state index is -4.13. The summed E-state index contributed by atoms with van der Waals surface area (Å²) in [5.74, 6) is -0.0693. The Kier molecular flexibility index (Phi) is 9.88. The van der Waals surface area contributed by atoms with E-state index in [9.17, 15) is 21.6 Å². The number of halogens is 1. The fourth-order valence-corrected chi connectivity index (χ4v) is 7.64. The number of methoxy groups -OCH3 is 2. The minimum Gasteiger partial charge on any atom is -0.493 e. The Morgan fingerprint density at radius 1 is 0.907 bits per heavy atom. The van der Waals surface area contributed by atoms with E-state index >= 15 is 0 Å². The van der Waals surface area contributed by atoms with Crippen molar-refractivity contribution in [2.24, 2.45) is 22.1 Å². The van der Waals surface area contributed by atoms with Gasteiger partial charge in [0.05, 0.1) is 35.3 Å². The van der Waals surface area contributed by atoms with E-state index in [1.165, 1.54) is 79.2 Å². The van der Waals surface area contributed by atoms with Gasteiger partial charge in [0, 0.05) is 24.2 Å². The second-order valence-electron chi connectivity index (χ2n) is 10.2. The number of nitrogens with one attached hydrogen (secondary N) is 1. The van der Waals surface area contributed by atoms with Crippen LogP contribution >= 0.6 is 11.6 Å². The zero-order valence-electron chi connectivity index (χ0n) is 23.9. The fourth-order valence-electron chi connectivity index (χ4n) is 4.76. The summed E-state index contributed by atoms with van der Waals surface area (Å²) in [4.78, 5) is 16.7. The highest BCUT2D eigenvalue weighted by Crippen LogP contribution is 2.35. The van der Waals surface area contributed by atoms with Crippen LogP contribution in [0.3, 0.4) is 0 Å². The highest BCUT2D eigenvalue weighted by molar-refractivity contribution is 7.92. The number of piperidine rings is 1. The highest BCUT2D eigenvalue weighted by Gasteiger charge is 2.31. The molecular weight excluding hydrogens is 618 g/mol. The van der Waals surface area contributed by atoms with Crippen LogP contribution in [0.1, 0.15) is 30.6 Å². The number of rotatable bonds is 9. The minimum absolute atomic E-state index is 0.0866. The molecule has 0 aliphatic carbocycles. The van der Waals surface area contributed by atoms with Gasteiger partial charge < -0.3 is 9.47 Å². The molecule has 15 heteroatoms. The quantitative estimate of drug-likeness (QED) is 0.245. The maximum atomic E-state index is 13.1. The summed E-state index contributed by atoms with van der Waals surface area (Å²) in [6, 6.07) is 13.8. The topological polar surface area (TPSA) is 158 Å². The Balaban J connectivity index is 1.59. The van der Waals surface area contributed by atoms with Crippen molar-refractivity contribution < 1.29 is 31.1 Å². The molecule has 0 bridgehead atoms. The van der Waals surface area contributed by atoms with E-state index in [0.717, 1.165) is 6.42 Å². The van der Waals surface area contributed by atoms with Crippen molar-refractivity contribution in [1.29, 1.82) is 0 Å². The number of amides is 1. The number of anilines is 1. The van der Waals surface area contributed by atoms with Gasteiger partial charge in [-0.25, -0.2) is 16.8 Å². The molecule has 228 valence electrons. The van der Waals surface area contributed by atoms with E-state index < -0.39 is 26.0 Å². The molecule has 1 amide bonds. The number of carbonyl (C=O) groups excluding carboxylic acids is 1. The van der Waals surface area contributed by atoms with Crippen LogP contribution in [0.2, 0.25) is 5.02 Å². The van der Waals surface area contributed by atoms with Crippen LogP contribution in [0, 0.1) is 11.8 Å². The summed E-state index contributed by atoms with van der Waals surface area (Å²) in [7, 11) is -5.08. The summed E-state index contributed by atoms with van der Waals surface area (Å²) < 4.78 is 66.7. The fraction of sp³-hybridized carbons (Fsp3) is 0.321. The van der Waals surface area contributed by atoms with Crippen LogP contribution in [0.4, 0.5) is 11.4 Å². The van der Waals surface area contributed by atoms with Crippen LogP contribution in [-0.4, -0.2) is 54.4 Å². The van der Waals surface area contributed by atoms with Crippen LogP contribution < -0.4 is 19.1 Å². The monoisotopic (exact) mass is 648 g/mol. The van der Waals surface area contributed by atoms with E-state index in [2.05, 4.69) is 19.9 Å². The van der Waals surface area contributed by atoms with Gasteiger partial charge in [-0.05, 0) is 72.9 Å². The lowest BCUT2D eigenvalue weighted by Gasteiger charge is -2.34. The predicted molar refractivity (Wildman–Crippen MR) is 161 cm³/mol. The number of hydrogen-bond donors (Lipinski definition) is 1. The van der Waals surface area contributed by atoms with Crippen LogP contribution in [0.25, 0.3) is 0 Å². The van der Waals surface area contributed by atoms with Crippen molar-refractivity contribution in [3.8, 4) is 11.5 Å². The van der Waals surface area contributed by atoms with Gasteiger partial charge in [0.2, 0.25) is 20.0 Å². The SMILES string of the molecule is COc1cc(NS(=O)(=O)c2ccc(Cl)cc2)c(C(=O)N=[N+]=Nc2ccc(S(=O)(=O)N3CC(C)CC(C)C3)cc2)cc1OC. The third-order valence-corrected chi connectivity index (χ3v) is 10.2. The van der Waals surface area contributed by atoms with Crippen molar-refractivity contribution in [2.75, 3.05) is 32.0 Å². The number of carbonyl (C=O) groups is 1. The number of benzene rings is 3. The molecule has 4 rings (SSSR count). The molecule has 2 atom stereocenters. The normalized spacial score (nSPS) is 17.4. The van der Waals surface area contributed by atoms with Crippen molar-refractivity contribution >= 4 is 48.9 Å². The van der Waals surface area contributed by atoms with E-state index in [4.69, 9.17) is 21.1 Å². The Morgan fingerprint density at radius 2 is 1.47 bits per heavy atom. The Bertz CT molecular complexity index is 1770. The van der Waals surface area contributed by atoms with Gasteiger partial charge in [0.1, 0.15) is 0 Å². The lowest BCUT2D eigenvalue weighted by molar-refractivity contribution is 0.0993. The molecule has 12 nitrogen and oxygen atoms in total. The molecule has 3 aromatic rings. The molecule has 1 fully saturated rings. The van der Waals surface area contributed by atoms with Gasteiger partial charge in [-0.3, -0.25) is 9.52 Å². The molecule has 0 spiro atoms. The number of nitrogens with zero attached hydrogens (tertiary/aromatic N) is 4. The van der Waals surface area contributed by atoms with Crippen molar-refractivity contribution in [3.63, 3.8) is 0 Å². The Labute approximate surface area is 255 Å². The van der Waals surface area contributed by atoms with Crippen LogP contribution in [-0.2, 0) is 20.0 Å². The third-order valence-electron chi connectivity index (χ3n) is 6.73. The van der Waals surface area contributed by atoms with Gasteiger partial charge in [-0.1, -0.05) is 25.4 Å². The van der Waals surface area contributed by atoms with Crippen molar-refractivity contribution in [2.45, 2.75) is 30.1 Å². The van der Waals surface area contributed by atoms with E-state index in [1.807, 2.05) is 13.8 Å². The molecule has 0 radical (unpaired) electrons. The first-order chi connectivity index (χ1) is 20.3. The van der Waals surface area contributed by atoms with E-state index in [0.29, 0.717) is 18.1 Å². The van der Waals surface area contributed by atoms with Gasteiger partial charge in [-0.15, -0.1) is 0 Å². The first kappa shape index (κ1) is 32.1. The summed E-state index contributed by atoms with van der Waals surface area (Å²) in [6.07, 6.45) is 0.979. The lowest BCUT2D eigenvalue weighted by Crippen LogP contribution is -2.42. The largest absolute Gasteiger partial charge is 0.493 e. The molecule has 1 N–H and O–H groups in total. The van der Waals surface area contributed by atoms with Gasteiger partial charge in [0.15, 0.2) is 22.3 Å². The summed E-state index contributed by atoms with van der Waals surface area (Å²) in [5, 5.41) is 7.85. The molecule has 43 heavy (non-hydrogen) atoms. The zero-order chi connectivity index (χ0) is 31.4. The second kappa shape index (κ2) is 13.2.